The van der Waals surface area contributed by atoms with Crippen LogP contribution in [0.25, 0.3) is 0 Å². The number of carbonyl (C=O) groups excluding carboxylic acids is 1. The van der Waals surface area contributed by atoms with Crippen molar-refractivity contribution in [2.24, 2.45) is 0 Å². The summed E-state index contributed by atoms with van der Waals surface area (Å²) in [6.45, 7) is 4.97. The normalized spacial score (nSPS) is 17.9. The van der Waals surface area contributed by atoms with Crippen LogP contribution in [0, 0.1) is 6.92 Å². The number of benzene rings is 1. The largest absolute Gasteiger partial charge is 0.491 e. The molecule has 7 nitrogen and oxygen atoms in total. The van der Waals surface area contributed by atoms with Crippen molar-refractivity contribution in [3.05, 3.63) is 36.0 Å². The molecule has 3 rings (SSSR count). The van der Waals surface area contributed by atoms with E-state index in [4.69, 9.17) is 14.0 Å². The van der Waals surface area contributed by atoms with Crippen molar-refractivity contribution in [2.75, 3.05) is 23.8 Å². The van der Waals surface area contributed by atoms with E-state index in [1.54, 1.807) is 19.9 Å². The number of anilines is 2. The summed E-state index contributed by atoms with van der Waals surface area (Å²) in [6.07, 6.45) is 2.35. The number of nitrogens with zero attached hydrogens (tertiary/aromatic N) is 1. The van der Waals surface area contributed by atoms with Gasteiger partial charge in [0.1, 0.15) is 18.4 Å². The van der Waals surface area contributed by atoms with E-state index in [0.717, 1.165) is 36.6 Å². The highest BCUT2D eigenvalue weighted by Gasteiger charge is 2.17. The van der Waals surface area contributed by atoms with Gasteiger partial charge >= 0.3 is 0 Å². The first kappa shape index (κ1) is 17.3. The number of ether oxygens (including phenoxy) is 2. The molecule has 0 radical (unpaired) electrons. The van der Waals surface area contributed by atoms with E-state index < -0.39 is 6.04 Å². The van der Waals surface area contributed by atoms with E-state index in [2.05, 4.69) is 15.8 Å². The van der Waals surface area contributed by atoms with Gasteiger partial charge in [-0.3, -0.25) is 10.1 Å². The molecule has 1 aromatic heterocycles. The van der Waals surface area contributed by atoms with Gasteiger partial charge in [-0.25, -0.2) is 0 Å². The molecule has 2 atom stereocenters. The number of rotatable bonds is 7. The first-order chi connectivity index (χ1) is 12.1. The minimum atomic E-state index is -0.427. The quantitative estimate of drug-likeness (QED) is 0.802. The molecule has 0 spiro atoms. The Morgan fingerprint density at radius 2 is 2.20 bits per heavy atom. The molecule has 1 saturated heterocycles. The van der Waals surface area contributed by atoms with Gasteiger partial charge < -0.3 is 19.3 Å². The fourth-order valence-electron chi connectivity index (χ4n) is 2.58. The maximum absolute atomic E-state index is 12.1. The van der Waals surface area contributed by atoms with Crippen LogP contribution in [-0.2, 0) is 9.53 Å². The second-order valence-electron chi connectivity index (χ2n) is 6.16. The van der Waals surface area contributed by atoms with E-state index in [9.17, 15) is 4.79 Å². The summed E-state index contributed by atoms with van der Waals surface area (Å²) in [7, 11) is 0. The zero-order valence-electron chi connectivity index (χ0n) is 14.5. The number of hydrogen-bond donors (Lipinski definition) is 2. The molecule has 25 heavy (non-hydrogen) atoms. The third-order valence-corrected chi connectivity index (χ3v) is 3.97. The number of nitrogens with one attached hydrogen (secondary N) is 2. The predicted molar refractivity (Wildman–Crippen MR) is 93.9 cm³/mol. The summed E-state index contributed by atoms with van der Waals surface area (Å²) < 4.78 is 16.2. The van der Waals surface area contributed by atoms with Crippen molar-refractivity contribution in [1.29, 1.82) is 0 Å². The fraction of sp³-hybridized carbons (Fsp3) is 0.444. The van der Waals surface area contributed by atoms with Gasteiger partial charge in [0.2, 0.25) is 11.8 Å². The number of aryl methyl sites for hydroxylation is 1. The highest BCUT2D eigenvalue weighted by Crippen LogP contribution is 2.19. The summed E-state index contributed by atoms with van der Waals surface area (Å²) in [6, 6.07) is 8.76. The van der Waals surface area contributed by atoms with Crippen molar-refractivity contribution in [3.63, 3.8) is 0 Å². The highest BCUT2D eigenvalue weighted by molar-refractivity contribution is 5.95. The second kappa shape index (κ2) is 8.02. The SMILES string of the molecule is Cc1cc(NC(=O)[C@@H](C)Nc2ccc(OC[C@@H]3CCCO3)cc2)on1. The molecule has 1 aromatic carbocycles. The molecule has 2 aromatic rings. The molecule has 0 bridgehead atoms. The predicted octanol–water partition coefficient (Wildman–Crippen LogP) is 2.98. The minimum Gasteiger partial charge on any atom is -0.491 e. The van der Waals surface area contributed by atoms with E-state index in [1.165, 1.54) is 0 Å². The zero-order valence-corrected chi connectivity index (χ0v) is 14.5. The molecule has 2 N–H and O–H groups in total. The Morgan fingerprint density at radius 1 is 1.40 bits per heavy atom. The van der Waals surface area contributed by atoms with Crippen LogP contribution in [0.15, 0.2) is 34.9 Å². The van der Waals surface area contributed by atoms with Crippen LogP contribution < -0.4 is 15.4 Å². The molecule has 134 valence electrons. The van der Waals surface area contributed by atoms with Gasteiger partial charge in [0.15, 0.2) is 0 Å². The van der Waals surface area contributed by atoms with Crippen molar-refractivity contribution in [2.45, 2.75) is 38.8 Å². The van der Waals surface area contributed by atoms with Gasteiger partial charge in [0, 0.05) is 18.4 Å². The molecule has 0 aliphatic carbocycles. The van der Waals surface area contributed by atoms with Crippen LogP contribution in [0.4, 0.5) is 11.6 Å². The van der Waals surface area contributed by atoms with E-state index in [-0.39, 0.29) is 12.0 Å². The average Bonchev–Trinajstić information content (AvgIpc) is 3.26. The van der Waals surface area contributed by atoms with Crippen LogP contribution in [0.1, 0.15) is 25.5 Å². The van der Waals surface area contributed by atoms with Crippen LogP contribution in [0.3, 0.4) is 0 Å². The van der Waals surface area contributed by atoms with Gasteiger partial charge in [0.25, 0.3) is 0 Å². The standard InChI is InChI=1S/C18H23N3O4/c1-12-10-17(25-21-12)20-18(22)13(2)19-14-5-7-15(8-6-14)24-11-16-4-3-9-23-16/h5-8,10,13,16,19H,3-4,9,11H2,1-2H3,(H,20,22)/t13-,16+/m1/s1. The lowest BCUT2D eigenvalue weighted by molar-refractivity contribution is -0.116. The maximum atomic E-state index is 12.1. The molecule has 1 amide bonds. The molecule has 7 heteroatoms. The number of hydrogen-bond acceptors (Lipinski definition) is 6. The van der Waals surface area contributed by atoms with Gasteiger partial charge in [-0.15, -0.1) is 0 Å². The first-order valence-electron chi connectivity index (χ1n) is 8.45. The smallest absolute Gasteiger partial charge is 0.248 e. The van der Waals surface area contributed by atoms with Crippen LogP contribution >= 0.6 is 0 Å². The first-order valence-corrected chi connectivity index (χ1v) is 8.45. The Balaban J connectivity index is 1.47. The minimum absolute atomic E-state index is 0.196. The lowest BCUT2D eigenvalue weighted by Gasteiger charge is -2.15. The Kier molecular flexibility index (Phi) is 5.55. The Labute approximate surface area is 146 Å². The van der Waals surface area contributed by atoms with E-state index in [0.29, 0.717) is 12.5 Å². The number of carbonyl (C=O) groups is 1. The van der Waals surface area contributed by atoms with Gasteiger partial charge in [-0.1, -0.05) is 5.16 Å². The fourth-order valence-corrected chi connectivity index (χ4v) is 2.58. The third-order valence-electron chi connectivity index (χ3n) is 3.97. The van der Waals surface area contributed by atoms with E-state index >= 15 is 0 Å². The summed E-state index contributed by atoms with van der Waals surface area (Å²) in [5.41, 5.74) is 1.55. The van der Waals surface area contributed by atoms with Crippen molar-refractivity contribution < 1.29 is 18.8 Å². The molecular weight excluding hydrogens is 322 g/mol. The van der Waals surface area contributed by atoms with Crippen LogP contribution in [-0.4, -0.2) is 36.4 Å². The Morgan fingerprint density at radius 3 is 2.84 bits per heavy atom. The molecule has 1 aliphatic rings. The van der Waals surface area contributed by atoms with Crippen molar-refractivity contribution in [1.82, 2.24) is 5.16 Å². The maximum Gasteiger partial charge on any atom is 0.248 e. The summed E-state index contributed by atoms with van der Waals surface area (Å²) in [5, 5.41) is 9.55. The number of aromatic nitrogens is 1. The molecule has 2 heterocycles. The van der Waals surface area contributed by atoms with Gasteiger partial charge in [0.05, 0.1) is 11.8 Å². The molecular formula is C18H23N3O4. The molecule has 0 unspecified atom stereocenters. The van der Waals surface area contributed by atoms with Crippen molar-refractivity contribution >= 4 is 17.5 Å². The molecule has 1 fully saturated rings. The Hall–Kier alpha value is -2.54. The monoisotopic (exact) mass is 345 g/mol. The second-order valence-corrected chi connectivity index (χ2v) is 6.16. The lowest BCUT2D eigenvalue weighted by atomic mass is 10.2. The Bertz CT molecular complexity index is 693. The summed E-state index contributed by atoms with van der Waals surface area (Å²) >= 11 is 0. The van der Waals surface area contributed by atoms with Crippen molar-refractivity contribution in [3.8, 4) is 5.75 Å². The average molecular weight is 345 g/mol. The van der Waals surface area contributed by atoms with E-state index in [1.807, 2.05) is 24.3 Å². The van der Waals surface area contributed by atoms with Gasteiger partial charge in [-0.05, 0) is 51.0 Å². The lowest BCUT2D eigenvalue weighted by Crippen LogP contribution is -2.31. The van der Waals surface area contributed by atoms with Gasteiger partial charge in [-0.2, -0.15) is 0 Å². The third kappa shape index (κ3) is 4.96. The number of amides is 1. The molecule has 0 saturated carbocycles. The zero-order chi connectivity index (χ0) is 17.6. The summed E-state index contributed by atoms with van der Waals surface area (Å²) in [4.78, 5) is 12.1. The van der Waals surface area contributed by atoms with Crippen LogP contribution in [0.2, 0.25) is 0 Å². The molecule has 1 aliphatic heterocycles. The van der Waals surface area contributed by atoms with Crippen LogP contribution in [0.5, 0.6) is 5.75 Å². The topological polar surface area (TPSA) is 85.6 Å². The summed E-state index contributed by atoms with van der Waals surface area (Å²) in [5.74, 6) is 0.930. The highest BCUT2D eigenvalue weighted by atomic mass is 16.5.